The molecule has 0 N–H and O–H groups in total. The third-order valence-electron chi connectivity index (χ3n) is 4.59. The summed E-state index contributed by atoms with van der Waals surface area (Å²) < 4.78 is 11.2. The van der Waals surface area contributed by atoms with Crippen molar-refractivity contribution in [3.05, 3.63) is 103 Å². The fourth-order valence-corrected chi connectivity index (χ4v) is 3.77. The van der Waals surface area contributed by atoms with Gasteiger partial charge in [-0.3, -0.25) is 0 Å². The maximum Gasteiger partial charge on any atom is 0.127 e. The molecule has 2 nitrogen and oxygen atoms in total. The van der Waals surface area contributed by atoms with Crippen molar-refractivity contribution < 1.29 is 9.47 Å². The summed E-state index contributed by atoms with van der Waals surface area (Å²) in [6.45, 7) is 2.10. The second kappa shape index (κ2) is 8.89. The van der Waals surface area contributed by atoms with Gasteiger partial charge in [-0.1, -0.05) is 53.7 Å². The minimum Gasteiger partial charge on any atom is -0.497 e. The molecule has 0 unspecified atom stereocenters. The summed E-state index contributed by atoms with van der Waals surface area (Å²) in [5.41, 5.74) is 3.66. The molecule has 0 atom stereocenters. The summed E-state index contributed by atoms with van der Waals surface area (Å²) in [6, 6.07) is 33.0. The number of hydrogen-bond donors (Lipinski definition) is 0. The van der Waals surface area contributed by atoms with Crippen LogP contribution in [-0.4, -0.2) is 7.11 Å². The van der Waals surface area contributed by atoms with Crippen molar-refractivity contribution in [3.8, 4) is 28.4 Å². The molecule has 0 spiro atoms. The second-order valence-corrected chi connectivity index (χ2v) is 7.89. The predicted octanol–water partition coefficient (Wildman–Crippen LogP) is 7.61. The molecule has 0 aromatic heterocycles. The minimum atomic E-state index is 0.826. The molecule has 144 valence electrons. The largest absolute Gasteiger partial charge is 0.497 e. The molecule has 29 heavy (non-hydrogen) atoms. The summed E-state index contributed by atoms with van der Waals surface area (Å²) in [6.07, 6.45) is 0. The van der Waals surface area contributed by atoms with E-state index in [0.29, 0.717) is 0 Å². The zero-order valence-corrected chi connectivity index (χ0v) is 17.3. The Labute approximate surface area is 176 Å². The van der Waals surface area contributed by atoms with E-state index in [0.717, 1.165) is 22.1 Å². The van der Waals surface area contributed by atoms with E-state index in [1.165, 1.54) is 21.6 Å². The highest BCUT2D eigenvalue weighted by atomic mass is 32.2. The van der Waals surface area contributed by atoms with Crippen molar-refractivity contribution in [2.45, 2.75) is 16.7 Å². The van der Waals surface area contributed by atoms with Crippen LogP contribution in [0.15, 0.2) is 107 Å². The summed E-state index contributed by atoms with van der Waals surface area (Å²) in [5.74, 6) is 2.52. The van der Waals surface area contributed by atoms with Gasteiger partial charge < -0.3 is 9.47 Å². The van der Waals surface area contributed by atoms with Gasteiger partial charge in [0.15, 0.2) is 0 Å². The van der Waals surface area contributed by atoms with Gasteiger partial charge in [-0.15, -0.1) is 0 Å². The standard InChI is InChI=1S/C26H22O2S/c1-19-3-5-20(6-4-19)21-7-9-23(10-8-21)28-24-13-17-26(18-14-24)29-25-15-11-22(27-2)12-16-25/h3-18H,1-2H3. The first-order chi connectivity index (χ1) is 14.2. The molecule has 4 rings (SSSR count). The highest BCUT2D eigenvalue weighted by Crippen LogP contribution is 2.31. The van der Waals surface area contributed by atoms with Crippen LogP contribution in [0.3, 0.4) is 0 Å². The first-order valence-electron chi connectivity index (χ1n) is 9.46. The number of benzene rings is 4. The number of ether oxygens (including phenoxy) is 2. The normalized spacial score (nSPS) is 10.6. The van der Waals surface area contributed by atoms with Gasteiger partial charge in [0.25, 0.3) is 0 Å². The van der Waals surface area contributed by atoms with Crippen LogP contribution in [0.4, 0.5) is 0 Å². The Hall–Kier alpha value is -3.17. The molecule has 0 aliphatic rings. The molecule has 0 saturated heterocycles. The number of hydrogen-bond acceptors (Lipinski definition) is 3. The Morgan fingerprint density at radius 1 is 0.517 bits per heavy atom. The van der Waals surface area contributed by atoms with Crippen molar-refractivity contribution in [2.24, 2.45) is 0 Å². The lowest BCUT2D eigenvalue weighted by Gasteiger charge is -2.08. The van der Waals surface area contributed by atoms with Crippen LogP contribution >= 0.6 is 11.8 Å². The smallest absolute Gasteiger partial charge is 0.127 e. The van der Waals surface area contributed by atoms with E-state index in [-0.39, 0.29) is 0 Å². The monoisotopic (exact) mass is 398 g/mol. The summed E-state index contributed by atoms with van der Waals surface area (Å²) in [7, 11) is 1.68. The van der Waals surface area contributed by atoms with Gasteiger partial charge in [-0.05, 0) is 78.7 Å². The number of rotatable bonds is 6. The quantitative estimate of drug-likeness (QED) is 0.333. The van der Waals surface area contributed by atoms with Crippen molar-refractivity contribution in [2.75, 3.05) is 7.11 Å². The van der Waals surface area contributed by atoms with Crippen molar-refractivity contribution in [3.63, 3.8) is 0 Å². The molecule has 3 heteroatoms. The van der Waals surface area contributed by atoms with E-state index >= 15 is 0 Å². The molecule has 0 fully saturated rings. The van der Waals surface area contributed by atoms with Crippen LogP contribution in [0.1, 0.15) is 5.56 Å². The van der Waals surface area contributed by atoms with Gasteiger partial charge >= 0.3 is 0 Å². The second-order valence-electron chi connectivity index (χ2n) is 6.74. The molecule has 0 heterocycles. The van der Waals surface area contributed by atoms with E-state index in [9.17, 15) is 0 Å². The molecule has 0 amide bonds. The zero-order chi connectivity index (χ0) is 20.1. The molecular weight excluding hydrogens is 376 g/mol. The lowest BCUT2D eigenvalue weighted by atomic mass is 10.0. The van der Waals surface area contributed by atoms with Crippen LogP contribution in [0.5, 0.6) is 17.2 Å². The van der Waals surface area contributed by atoms with E-state index < -0.39 is 0 Å². The third kappa shape index (κ3) is 5.01. The lowest BCUT2D eigenvalue weighted by molar-refractivity contribution is 0.414. The molecule has 0 radical (unpaired) electrons. The fraction of sp³-hybridized carbons (Fsp3) is 0.0769. The predicted molar refractivity (Wildman–Crippen MR) is 120 cm³/mol. The summed E-state index contributed by atoms with van der Waals surface area (Å²) in [4.78, 5) is 2.34. The van der Waals surface area contributed by atoms with Crippen molar-refractivity contribution >= 4 is 11.8 Å². The highest BCUT2D eigenvalue weighted by Gasteiger charge is 2.02. The van der Waals surface area contributed by atoms with Crippen LogP contribution in [0, 0.1) is 6.92 Å². The number of methoxy groups -OCH3 is 1. The minimum absolute atomic E-state index is 0.826. The van der Waals surface area contributed by atoms with E-state index in [4.69, 9.17) is 9.47 Å². The number of aryl methyl sites for hydroxylation is 1. The summed E-state index contributed by atoms with van der Waals surface area (Å²) >= 11 is 1.71. The summed E-state index contributed by atoms with van der Waals surface area (Å²) in [5, 5.41) is 0. The van der Waals surface area contributed by atoms with Crippen LogP contribution < -0.4 is 9.47 Å². The highest BCUT2D eigenvalue weighted by molar-refractivity contribution is 7.99. The van der Waals surface area contributed by atoms with Gasteiger partial charge in [-0.2, -0.15) is 0 Å². The third-order valence-corrected chi connectivity index (χ3v) is 5.61. The van der Waals surface area contributed by atoms with E-state index in [2.05, 4.69) is 67.6 Å². The zero-order valence-electron chi connectivity index (χ0n) is 16.5. The van der Waals surface area contributed by atoms with Crippen LogP contribution in [0.2, 0.25) is 0 Å². The van der Waals surface area contributed by atoms with Gasteiger partial charge in [0, 0.05) is 9.79 Å². The van der Waals surface area contributed by atoms with Gasteiger partial charge in [0.1, 0.15) is 17.2 Å². The molecule has 0 aliphatic carbocycles. The fourth-order valence-electron chi connectivity index (χ4n) is 2.95. The first-order valence-corrected chi connectivity index (χ1v) is 10.3. The Bertz CT molecular complexity index is 1050. The Kier molecular flexibility index (Phi) is 5.87. The maximum absolute atomic E-state index is 6.00. The van der Waals surface area contributed by atoms with Gasteiger partial charge in [-0.25, -0.2) is 0 Å². The van der Waals surface area contributed by atoms with Crippen LogP contribution in [0.25, 0.3) is 11.1 Å². The topological polar surface area (TPSA) is 18.5 Å². The Morgan fingerprint density at radius 3 is 1.41 bits per heavy atom. The molecule has 0 aliphatic heterocycles. The molecule has 4 aromatic rings. The Morgan fingerprint density at radius 2 is 0.931 bits per heavy atom. The van der Waals surface area contributed by atoms with Crippen molar-refractivity contribution in [1.82, 2.24) is 0 Å². The average Bonchev–Trinajstić information content (AvgIpc) is 2.77. The maximum atomic E-state index is 6.00. The molecule has 0 saturated carbocycles. The van der Waals surface area contributed by atoms with Crippen LogP contribution in [-0.2, 0) is 0 Å². The van der Waals surface area contributed by atoms with E-state index in [1.54, 1.807) is 18.9 Å². The SMILES string of the molecule is COc1ccc(Sc2ccc(Oc3ccc(-c4ccc(C)cc4)cc3)cc2)cc1. The van der Waals surface area contributed by atoms with E-state index in [1.807, 2.05) is 36.4 Å². The average molecular weight is 399 g/mol. The lowest BCUT2D eigenvalue weighted by Crippen LogP contribution is -1.85. The molecular formula is C26H22O2S. The van der Waals surface area contributed by atoms with Crippen molar-refractivity contribution in [1.29, 1.82) is 0 Å². The first kappa shape index (κ1) is 19.2. The van der Waals surface area contributed by atoms with Gasteiger partial charge in [0.2, 0.25) is 0 Å². The molecule has 0 bridgehead atoms. The van der Waals surface area contributed by atoms with Gasteiger partial charge in [0.05, 0.1) is 7.11 Å². The molecule has 4 aromatic carbocycles. The Balaban J connectivity index is 1.39.